The highest BCUT2D eigenvalue weighted by Crippen LogP contribution is 2.23. The van der Waals surface area contributed by atoms with Gasteiger partial charge in [-0.25, -0.2) is 0 Å². The predicted molar refractivity (Wildman–Crippen MR) is 80.4 cm³/mol. The zero-order chi connectivity index (χ0) is 15.2. The lowest BCUT2D eigenvalue weighted by Gasteiger charge is -2.14. The number of aromatic nitrogens is 1. The Balaban J connectivity index is 2.11. The number of methoxy groups -OCH3 is 1. The van der Waals surface area contributed by atoms with Crippen LogP contribution in [0.1, 0.15) is 30.3 Å². The second kappa shape index (κ2) is 6.92. The average molecular weight is 288 g/mol. The lowest BCUT2D eigenvalue weighted by atomic mass is 10.1. The van der Waals surface area contributed by atoms with Gasteiger partial charge in [0, 0.05) is 25.2 Å². The maximum Gasteiger partial charge on any atom is 0.275 e. The van der Waals surface area contributed by atoms with Gasteiger partial charge in [-0.1, -0.05) is 18.5 Å². The number of hydrogen-bond donors (Lipinski definition) is 0. The average Bonchev–Trinajstić information content (AvgIpc) is 3.01. The molecule has 1 heterocycles. The predicted octanol–water partition coefficient (Wildman–Crippen LogP) is 3.22. The fourth-order valence-electron chi connectivity index (χ4n) is 1.96. The van der Waals surface area contributed by atoms with E-state index in [1.807, 2.05) is 24.3 Å². The molecule has 2 rings (SSSR count). The van der Waals surface area contributed by atoms with Crippen LogP contribution >= 0.6 is 0 Å². The molecule has 0 saturated heterocycles. The molecule has 5 nitrogen and oxygen atoms in total. The number of benzene rings is 1. The summed E-state index contributed by atoms with van der Waals surface area (Å²) < 4.78 is 10.4. The summed E-state index contributed by atoms with van der Waals surface area (Å²) in [4.78, 5) is 13.8. The molecule has 0 bridgehead atoms. The van der Waals surface area contributed by atoms with Crippen molar-refractivity contribution in [3.05, 3.63) is 36.0 Å². The minimum atomic E-state index is -0.119. The van der Waals surface area contributed by atoms with Gasteiger partial charge in [-0.15, -0.1) is 0 Å². The lowest BCUT2D eigenvalue weighted by molar-refractivity contribution is 0.0783. The van der Waals surface area contributed by atoms with Crippen molar-refractivity contribution in [3.8, 4) is 17.1 Å². The van der Waals surface area contributed by atoms with E-state index in [-0.39, 0.29) is 5.91 Å². The maximum absolute atomic E-state index is 12.2. The third-order valence-electron chi connectivity index (χ3n) is 3.30. The van der Waals surface area contributed by atoms with E-state index in [2.05, 4.69) is 12.1 Å². The Kier molecular flexibility index (Phi) is 4.98. The summed E-state index contributed by atoms with van der Waals surface area (Å²) in [5.74, 6) is 1.23. The molecule has 0 saturated carbocycles. The molecule has 0 aliphatic rings. The lowest BCUT2D eigenvalue weighted by Crippen LogP contribution is -2.27. The molecule has 112 valence electrons. The van der Waals surface area contributed by atoms with E-state index in [1.165, 1.54) is 0 Å². The maximum atomic E-state index is 12.2. The molecule has 0 radical (unpaired) electrons. The summed E-state index contributed by atoms with van der Waals surface area (Å²) in [6.07, 6.45) is 2.03. The van der Waals surface area contributed by atoms with Crippen molar-refractivity contribution in [2.75, 3.05) is 20.7 Å². The van der Waals surface area contributed by atoms with Crippen molar-refractivity contribution >= 4 is 5.91 Å². The van der Waals surface area contributed by atoms with Gasteiger partial charge in [0.2, 0.25) is 0 Å². The molecule has 0 spiro atoms. The summed E-state index contributed by atoms with van der Waals surface area (Å²) >= 11 is 0. The van der Waals surface area contributed by atoms with E-state index in [9.17, 15) is 4.79 Å². The highest BCUT2D eigenvalue weighted by atomic mass is 16.5. The minimum Gasteiger partial charge on any atom is -0.497 e. The summed E-state index contributed by atoms with van der Waals surface area (Å²) in [5, 5.41) is 3.87. The Labute approximate surface area is 124 Å². The highest BCUT2D eigenvalue weighted by molar-refractivity contribution is 5.92. The molecule has 0 unspecified atom stereocenters. The van der Waals surface area contributed by atoms with E-state index >= 15 is 0 Å². The van der Waals surface area contributed by atoms with Crippen LogP contribution in [-0.4, -0.2) is 36.7 Å². The molecule has 0 atom stereocenters. The van der Waals surface area contributed by atoms with Crippen LogP contribution in [0, 0.1) is 0 Å². The van der Waals surface area contributed by atoms with Crippen molar-refractivity contribution in [2.24, 2.45) is 0 Å². The van der Waals surface area contributed by atoms with Crippen molar-refractivity contribution in [1.29, 1.82) is 0 Å². The fraction of sp³-hybridized carbons (Fsp3) is 0.375. The Bertz CT molecular complexity index is 590. The van der Waals surface area contributed by atoms with Gasteiger partial charge in [0.25, 0.3) is 5.91 Å². The van der Waals surface area contributed by atoms with E-state index in [4.69, 9.17) is 9.26 Å². The zero-order valence-electron chi connectivity index (χ0n) is 12.6. The SMILES string of the molecule is CCCCN(C)C(=O)c1cc(-c2ccc(OC)cc2)on1. The molecule has 0 aliphatic carbocycles. The Morgan fingerprint density at radius 1 is 1.33 bits per heavy atom. The molecule has 0 fully saturated rings. The molecule has 0 aliphatic heterocycles. The van der Waals surface area contributed by atoms with Gasteiger partial charge in [-0.05, 0) is 30.7 Å². The van der Waals surface area contributed by atoms with Gasteiger partial charge in [0.15, 0.2) is 11.5 Å². The van der Waals surface area contributed by atoms with Crippen LogP contribution in [0.2, 0.25) is 0 Å². The van der Waals surface area contributed by atoms with Crippen molar-refractivity contribution < 1.29 is 14.1 Å². The minimum absolute atomic E-state index is 0.119. The number of unbranched alkanes of at least 4 members (excludes halogenated alkanes) is 1. The third-order valence-corrected chi connectivity index (χ3v) is 3.30. The van der Waals surface area contributed by atoms with E-state index < -0.39 is 0 Å². The summed E-state index contributed by atoms with van der Waals surface area (Å²) in [7, 11) is 3.39. The number of nitrogens with zero attached hydrogens (tertiary/aromatic N) is 2. The van der Waals surface area contributed by atoms with Crippen molar-refractivity contribution in [1.82, 2.24) is 10.1 Å². The van der Waals surface area contributed by atoms with Gasteiger partial charge in [-0.3, -0.25) is 4.79 Å². The molecule has 1 aromatic heterocycles. The standard InChI is InChI=1S/C16H20N2O3/c1-4-5-10-18(2)16(19)14-11-15(21-17-14)12-6-8-13(20-3)9-7-12/h6-9,11H,4-5,10H2,1-3H3. The number of amides is 1. The molecular weight excluding hydrogens is 268 g/mol. The summed E-state index contributed by atoms with van der Waals surface area (Å²) in [6.45, 7) is 2.82. The first-order chi connectivity index (χ1) is 10.2. The monoisotopic (exact) mass is 288 g/mol. The van der Waals surface area contributed by atoms with E-state index in [0.717, 1.165) is 30.7 Å². The molecule has 5 heteroatoms. The Morgan fingerprint density at radius 2 is 2.05 bits per heavy atom. The fourth-order valence-corrected chi connectivity index (χ4v) is 1.96. The van der Waals surface area contributed by atoms with Crippen molar-refractivity contribution in [3.63, 3.8) is 0 Å². The van der Waals surface area contributed by atoms with Crippen LogP contribution in [0.15, 0.2) is 34.9 Å². The first-order valence-corrected chi connectivity index (χ1v) is 7.02. The quantitative estimate of drug-likeness (QED) is 0.819. The third kappa shape index (κ3) is 3.62. The van der Waals surface area contributed by atoms with Crippen molar-refractivity contribution in [2.45, 2.75) is 19.8 Å². The Hall–Kier alpha value is -2.30. The highest BCUT2D eigenvalue weighted by Gasteiger charge is 2.17. The summed E-state index contributed by atoms with van der Waals surface area (Å²) in [5.41, 5.74) is 1.19. The first kappa shape index (κ1) is 15.1. The summed E-state index contributed by atoms with van der Waals surface area (Å²) in [6, 6.07) is 9.09. The van der Waals surface area contributed by atoms with E-state index in [0.29, 0.717) is 11.5 Å². The molecule has 21 heavy (non-hydrogen) atoms. The molecule has 0 N–H and O–H groups in total. The van der Waals surface area contributed by atoms with Gasteiger partial charge in [-0.2, -0.15) is 0 Å². The zero-order valence-corrected chi connectivity index (χ0v) is 12.6. The van der Waals surface area contributed by atoms with Gasteiger partial charge in [0.1, 0.15) is 5.75 Å². The van der Waals surface area contributed by atoms with Crippen LogP contribution in [0.3, 0.4) is 0 Å². The van der Waals surface area contributed by atoms with Crippen LogP contribution in [0.4, 0.5) is 0 Å². The molecule has 2 aromatic rings. The smallest absolute Gasteiger partial charge is 0.275 e. The largest absolute Gasteiger partial charge is 0.497 e. The number of carbonyl (C=O) groups is 1. The molecule has 1 aromatic carbocycles. The number of rotatable bonds is 6. The van der Waals surface area contributed by atoms with Crippen LogP contribution in [-0.2, 0) is 0 Å². The molecule has 1 amide bonds. The second-order valence-electron chi connectivity index (χ2n) is 4.89. The normalized spacial score (nSPS) is 10.4. The number of hydrogen-bond acceptors (Lipinski definition) is 4. The van der Waals surface area contributed by atoms with Crippen LogP contribution in [0.25, 0.3) is 11.3 Å². The second-order valence-corrected chi connectivity index (χ2v) is 4.89. The van der Waals surface area contributed by atoms with E-state index in [1.54, 1.807) is 25.1 Å². The van der Waals surface area contributed by atoms with Crippen LogP contribution in [0.5, 0.6) is 5.75 Å². The van der Waals surface area contributed by atoms with Gasteiger partial charge >= 0.3 is 0 Å². The molecular formula is C16H20N2O3. The number of ether oxygens (including phenoxy) is 1. The number of carbonyl (C=O) groups excluding carboxylic acids is 1. The van der Waals surface area contributed by atoms with Gasteiger partial charge in [0.05, 0.1) is 7.11 Å². The van der Waals surface area contributed by atoms with Gasteiger partial charge < -0.3 is 14.2 Å². The topological polar surface area (TPSA) is 55.6 Å². The Morgan fingerprint density at radius 3 is 2.67 bits per heavy atom. The first-order valence-electron chi connectivity index (χ1n) is 7.02. The van der Waals surface area contributed by atoms with Crippen LogP contribution < -0.4 is 4.74 Å².